The maximum absolute atomic E-state index is 13.1. The molecular weight excluding hydrogens is 357 g/mol. The monoisotopic (exact) mass is 381 g/mol. The van der Waals surface area contributed by atoms with Crippen LogP contribution in [-0.2, 0) is 6.42 Å². The van der Waals surface area contributed by atoms with Gasteiger partial charge in [-0.15, -0.1) is 0 Å². The fourth-order valence-electron chi connectivity index (χ4n) is 3.89. The number of amides is 1. The summed E-state index contributed by atoms with van der Waals surface area (Å²) in [6.45, 7) is 1.81. The summed E-state index contributed by atoms with van der Waals surface area (Å²) in [5.41, 5.74) is 2.90. The SMILES string of the molecule is Cc1c(C(=O)Nc2cc(CC3CCCCC3)[nH]n2)cnn1-c1ccc(F)cc1. The number of nitrogens with zero attached hydrogens (tertiary/aromatic N) is 3. The van der Waals surface area contributed by atoms with Gasteiger partial charge in [0, 0.05) is 11.8 Å². The normalized spacial score (nSPS) is 14.9. The molecule has 146 valence electrons. The van der Waals surface area contributed by atoms with E-state index in [9.17, 15) is 9.18 Å². The molecule has 0 bridgehead atoms. The van der Waals surface area contributed by atoms with Gasteiger partial charge in [0.15, 0.2) is 5.82 Å². The zero-order valence-electron chi connectivity index (χ0n) is 15.9. The number of nitrogens with one attached hydrogen (secondary N) is 2. The molecule has 0 aliphatic heterocycles. The Morgan fingerprint density at radius 3 is 2.75 bits per heavy atom. The van der Waals surface area contributed by atoms with Gasteiger partial charge in [-0.3, -0.25) is 9.89 Å². The van der Waals surface area contributed by atoms with E-state index in [1.54, 1.807) is 16.8 Å². The zero-order chi connectivity index (χ0) is 19.5. The summed E-state index contributed by atoms with van der Waals surface area (Å²) < 4.78 is 14.7. The molecule has 1 saturated carbocycles. The van der Waals surface area contributed by atoms with Gasteiger partial charge >= 0.3 is 0 Å². The molecule has 0 atom stereocenters. The Kier molecular flexibility index (Phi) is 5.23. The van der Waals surface area contributed by atoms with Crippen molar-refractivity contribution in [3.63, 3.8) is 0 Å². The van der Waals surface area contributed by atoms with Crippen molar-refractivity contribution in [1.29, 1.82) is 0 Å². The van der Waals surface area contributed by atoms with E-state index in [0.29, 0.717) is 28.7 Å². The Balaban J connectivity index is 1.43. The van der Waals surface area contributed by atoms with E-state index in [0.717, 1.165) is 12.1 Å². The molecule has 1 aliphatic carbocycles. The molecule has 0 spiro atoms. The second kappa shape index (κ2) is 7.96. The molecule has 0 radical (unpaired) electrons. The molecular formula is C21H24FN5O. The number of hydrogen-bond acceptors (Lipinski definition) is 3. The number of rotatable bonds is 5. The van der Waals surface area contributed by atoms with Crippen LogP contribution in [-0.4, -0.2) is 25.9 Å². The van der Waals surface area contributed by atoms with E-state index >= 15 is 0 Å². The van der Waals surface area contributed by atoms with Gasteiger partial charge in [0.05, 0.1) is 23.1 Å². The Bertz CT molecular complexity index is 954. The maximum Gasteiger partial charge on any atom is 0.260 e. The highest BCUT2D eigenvalue weighted by Crippen LogP contribution is 2.27. The summed E-state index contributed by atoms with van der Waals surface area (Å²) in [5.74, 6) is 0.648. The minimum absolute atomic E-state index is 0.262. The van der Waals surface area contributed by atoms with Crippen molar-refractivity contribution in [2.45, 2.75) is 45.4 Å². The highest BCUT2D eigenvalue weighted by molar-refractivity contribution is 6.04. The molecule has 28 heavy (non-hydrogen) atoms. The Labute approximate surface area is 163 Å². The maximum atomic E-state index is 13.1. The number of aromatic nitrogens is 4. The predicted octanol–water partition coefficient (Wildman–Crippen LogP) is 4.42. The average molecular weight is 381 g/mol. The number of carbonyl (C=O) groups is 1. The molecule has 4 rings (SSSR count). The number of H-pyrrole nitrogens is 1. The van der Waals surface area contributed by atoms with Crippen molar-refractivity contribution < 1.29 is 9.18 Å². The van der Waals surface area contributed by atoms with E-state index in [2.05, 4.69) is 20.6 Å². The Morgan fingerprint density at radius 2 is 2.00 bits per heavy atom. The first-order chi connectivity index (χ1) is 13.6. The van der Waals surface area contributed by atoms with Crippen molar-refractivity contribution in [3.05, 3.63) is 59.3 Å². The van der Waals surface area contributed by atoms with Crippen molar-refractivity contribution in [1.82, 2.24) is 20.0 Å². The highest BCUT2D eigenvalue weighted by atomic mass is 19.1. The number of aromatic amines is 1. The minimum atomic E-state index is -0.311. The minimum Gasteiger partial charge on any atom is -0.305 e. The molecule has 2 N–H and O–H groups in total. The number of halogens is 1. The van der Waals surface area contributed by atoms with Crippen LogP contribution >= 0.6 is 0 Å². The zero-order valence-corrected chi connectivity index (χ0v) is 15.9. The summed E-state index contributed by atoms with van der Waals surface area (Å²) in [6.07, 6.45) is 8.98. The molecule has 6 nitrogen and oxygen atoms in total. The summed E-state index contributed by atoms with van der Waals surface area (Å²) >= 11 is 0. The van der Waals surface area contributed by atoms with Crippen molar-refractivity contribution in [2.24, 2.45) is 5.92 Å². The molecule has 2 heterocycles. The lowest BCUT2D eigenvalue weighted by Crippen LogP contribution is -2.13. The quantitative estimate of drug-likeness (QED) is 0.687. The Morgan fingerprint density at radius 1 is 1.25 bits per heavy atom. The third-order valence-electron chi connectivity index (χ3n) is 5.43. The largest absolute Gasteiger partial charge is 0.305 e. The number of benzene rings is 1. The van der Waals surface area contributed by atoms with Gasteiger partial charge in [-0.1, -0.05) is 32.1 Å². The molecule has 2 aromatic heterocycles. The van der Waals surface area contributed by atoms with Gasteiger partial charge in [-0.25, -0.2) is 9.07 Å². The molecule has 3 aromatic rings. The van der Waals surface area contributed by atoms with Gasteiger partial charge in [0.25, 0.3) is 5.91 Å². The van der Waals surface area contributed by atoms with Gasteiger partial charge < -0.3 is 5.32 Å². The van der Waals surface area contributed by atoms with Gasteiger partial charge in [-0.05, 0) is 43.5 Å². The molecule has 1 amide bonds. The lowest BCUT2D eigenvalue weighted by molar-refractivity contribution is 0.102. The van der Waals surface area contributed by atoms with Gasteiger partial charge in [0.1, 0.15) is 5.82 Å². The molecule has 7 heteroatoms. The van der Waals surface area contributed by atoms with Crippen LogP contribution in [0.3, 0.4) is 0 Å². The molecule has 0 unspecified atom stereocenters. The number of carbonyl (C=O) groups excluding carboxylic acids is 1. The van der Waals surface area contributed by atoms with Crippen LogP contribution in [0.25, 0.3) is 5.69 Å². The second-order valence-corrected chi connectivity index (χ2v) is 7.47. The fourth-order valence-corrected chi connectivity index (χ4v) is 3.89. The van der Waals surface area contributed by atoms with Gasteiger partial charge in [-0.2, -0.15) is 10.2 Å². The van der Waals surface area contributed by atoms with Gasteiger partial charge in [0.2, 0.25) is 0 Å². The smallest absolute Gasteiger partial charge is 0.260 e. The van der Waals surface area contributed by atoms with Crippen LogP contribution in [0, 0.1) is 18.7 Å². The second-order valence-electron chi connectivity index (χ2n) is 7.47. The molecule has 1 fully saturated rings. The predicted molar refractivity (Wildman–Crippen MR) is 105 cm³/mol. The first-order valence-corrected chi connectivity index (χ1v) is 9.76. The van der Waals surface area contributed by atoms with Crippen molar-refractivity contribution in [3.8, 4) is 5.69 Å². The van der Waals surface area contributed by atoms with Crippen LogP contribution in [0.2, 0.25) is 0 Å². The lowest BCUT2D eigenvalue weighted by atomic mass is 9.86. The summed E-state index contributed by atoms with van der Waals surface area (Å²) in [5, 5.41) is 14.4. The lowest BCUT2D eigenvalue weighted by Gasteiger charge is -2.20. The van der Waals surface area contributed by atoms with E-state index in [1.165, 1.54) is 50.4 Å². The van der Waals surface area contributed by atoms with E-state index < -0.39 is 0 Å². The van der Waals surface area contributed by atoms with E-state index in [1.807, 2.05) is 13.0 Å². The Hall–Kier alpha value is -2.96. The van der Waals surface area contributed by atoms with Crippen LogP contribution in [0.4, 0.5) is 10.2 Å². The van der Waals surface area contributed by atoms with E-state index in [4.69, 9.17) is 0 Å². The highest BCUT2D eigenvalue weighted by Gasteiger charge is 2.18. The van der Waals surface area contributed by atoms with Crippen molar-refractivity contribution in [2.75, 3.05) is 5.32 Å². The third kappa shape index (κ3) is 3.98. The molecule has 0 saturated heterocycles. The standard InChI is InChI=1S/C21H24FN5O/c1-14-19(13-23-27(14)18-9-7-16(22)8-10-18)21(28)24-20-12-17(25-26-20)11-15-5-3-2-4-6-15/h7-10,12-13,15H,2-6,11H2,1H3,(H2,24,25,26,28). The van der Waals surface area contributed by atoms with Crippen LogP contribution in [0.1, 0.15) is 53.8 Å². The van der Waals surface area contributed by atoms with Crippen molar-refractivity contribution >= 4 is 11.7 Å². The summed E-state index contributed by atoms with van der Waals surface area (Å²) in [4.78, 5) is 12.7. The topological polar surface area (TPSA) is 75.6 Å². The van der Waals surface area contributed by atoms with Crippen LogP contribution in [0.5, 0.6) is 0 Å². The first kappa shape index (κ1) is 18.4. The first-order valence-electron chi connectivity index (χ1n) is 9.76. The van der Waals surface area contributed by atoms with Crippen LogP contribution < -0.4 is 5.32 Å². The van der Waals surface area contributed by atoms with Crippen LogP contribution in [0.15, 0.2) is 36.5 Å². The number of anilines is 1. The molecule has 1 aliphatic rings. The average Bonchev–Trinajstić information content (AvgIpc) is 3.29. The molecule has 1 aromatic carbocycles. The summed E-state index contributed by atoms with van der Waals surface area (Å²) in [7, 11) is 0. The number of hydrogen-bond donors (Lipinski definition) is 2. The third-order valence-corrected chi connectivity index (χ3v) is 5.43. The van der Waals surface area contributed by atoms with E-state index in [-0.39, 0.29) is 11.7 Å². The fraction of sp³-hybridized carbons (Fsp3) is 0.381. The summed E-state index contributed by atoms with van der Waals surface area (Å²) in [6, 6.07) is 7.90.